The maximum atomic E-state index is 6.15. The van der Waals surface area contributed by atoms with Crippen molar-refractivity contribution in [2.24, 2.45) is 11.7 Å². The molecule has 2 nitrogen and oxygen atoms in total. The van der Waals surface area contributed by atoms with Crippen molar-refractivity contribution in [3.05, 3.63) is 34.9 Å². The van der Waals surface area contributed by atoms with Crippen molar-refractivity contribution >= 4 is 0 Å². The van der Waals surface area contributed by atoms with Crippen molar-refractivity contribution in [3.8, 4) is 0 Å². The van der Waals surface area contributed by atoms with Gasteiger partial charge in [-0.15, -0.1) is 0 Å². The number of rotatable bonds is 4. The number of ether oxygens (including phenoxy) is 1. The highest BCUT2D eigenvalue weighted by Crippen LogP contribution is 2.27. The Hall–Kier alpha value is -0.860. The Kier molecular flexibility index (Phi) is 4.79. The first-order valence-corrected chi connectivity index (χ1v) is 7.09. The summed E-state index contributed by atoms with van der Waals surface area (Å²) in [6, 6.07) is 6.43. The highest BCUT2D eigenvalue weighted by Gasteiger charge is 2.24. The predicted octanol–water partition coefficient (Wildman–Crippen LogP) is 3.34. The van der Waals surface area contributed by atoms with Crippen LogP contribution in [-0.2, 0) is 11.3 Å². The van der Waals surface area contributed by atoms with Gasteiger partial charge in [0.2, 0.25) is 0 Å². The molecule has 0 bridgehead atoms. The average molecular weight is 247 g/mol. The number of nitrogens with two attached hydrogens (primary N) is 1. The second-order valence-electron chi connectivity index (χ2n) is 5.50. The van der Waals surface area contributed by atoms with Crippen LogP contribution in [0, 0.1) is 19.8 Å². The van der Waals surface area contributed by atoms with Crippen LogP contribution in [-0.4, -0.2) is 12.6 Å². The molecular weight excluding hydrogens is 222 g/mol. The first-order chi connectivity index (χ1) is 8.72. The summed E-state index contributed by atoms with van der Waals surface area (Å²) in [5.74, 6) is 0.558. The Balaban J connectivity index is 1.98. The summed E-state index contributed by atoms with van der Waals surface area (Å²) in [6.45, 7) is 5.82. The van der Waals surface area contributed by atoms with Crippen LogP contribution in [0.5, 0.6) is 0 Å². The molecule has 0 amide bonds. The quantitative estimate of drug-likeness (QED) is 0.885. The van der Waals surface area contributed by atoms with Crippen LogP contribution in [0.2, 0.25) is 0 Å². The van der Waals surface area contributed by atoms with E-state index in [1.54, 1.807) is 0 Å². The molecule has 0 saturated heterocycles. The summed E-state index contributed by atoms with van der Waals surface area (Å²) in [5.41, 5.74) is 9.85. The average Bonchev–Trinajstić information content (AvgIpc) is 2.38. The summed E-state index contributed by atoms with van der Waals surface area (Å²) in [4.78, 5) is 0. The molecule has 0 aliphatic heterocycles. The lowest BCUT2D eigenvalue weighted by molar-refractivity contribution is -0.0186. The first-order valence-electron chi connectivity index (χ1n) is 7.09. The van der Waals surface area contributed by atoms with Gasteiger partial charge >= 0.3 is 0 Å². The Labute approximate surface area is 111 Å². The predicted molar refractivity (Wildman–Crippen MR) is 75.5 cm³/mol. The molecule has 1 saturated carbocycles. The lowest BCUT2D eigenvalue weighted by Gasteiger charge is -2.31. The molecule has 0 aromatic heterocycles. The molecular formula is C16H25NO. The van der Waals surface area contributed by atoms with Crippen LogP contribution < -0.4 is 5.73 Å². The lowest BCUT2D eigenvalue weighted by Crippen LogP contribution is -2.33. The number of hydrogen-bond acceptors (Lipinski definition) is 2. The van der Waals surface area contributed by atoms with Gasteiger partial charge in [0.05, 0.1) is 12.7 Å². The molecule has 1 aliphatic carbocycles. The van der Waals surface area contributed by atoms with Crippen LogP contribution >= 0.6 is 0 Å². The standard InChI is InChI=1S/C16H25NO/c1-12-6-5-7-13(2)15(12)11-18-16-9-4-3-8-14(16)10-17/h5-7,14,16H,3-4,8-11,17H2,1-2H3. The second-order valence-corrected chi connectivity index (χ2v) is 5.50. The molecule has 18 heavy (non-hydrogen) atoms. The fourth-order valence-electron chi connectivity index (χ4n) is 2.93. The van der Waals surface area contributed by atoms with E-state index in [2.05, 4.69) is 32.0 Å². The van der Waals surface area contributed by atoms with E-state index in [0.29, 0.717) is 12.0 Å². The van der Waals surface area contributed by atoms with E-state index in [1.165, 1.54) is 42.4 Å². The van der Waals surface area contributed by atoms with Gasteiger partial charge in [-0.1, -0.05) is 31.0 Å². The maximum absolute atomic E-state index is 6.15. The van der Waals surface area contributed by atoms with Crippen molar-refractivity contribution in [2.75, 3.05) is 6.54 Å². The minimum atomic E-state index is 0.364. The topological polar surface area (TPSA) is 35.2 Å². The van der Waals surface area contributed by atoms with E-state index in [4.69, 9.17) is 10.5 Å². The maximum Gasteiger partial charge on any atom is 0.0725 e. The molecule has 2 unspecified atom stereocenters. The van der Waals surface area contributed by atoms with E-state index in [1.807, 2.05) is 0 Å². The minimum absolute atomic E-state index is 0.364. The zero-order chi connectivity index (χ0) is 13.0. The molecule has 1 aromatic carbocycles. The summed E-state index contributed by atoms with van der Waals surface area (Å²) >= 11 is 0. The monoisotopic (exact) mass is 247 g/mol. The van der Waals surface area contributed by atoms with Crippen LogP contribution in [0.15, 0.2) is 18.2 Å². The van der Waals surface area contributed by atoms with Gasteiger partial charge in [0.15, 0.2) is 0 Å². The zero-order valence-corrected chi connectivity index (χ0v) is 11.6. The third-order valence-electron chi connectivity index (χ3n) is 4.23. The van der Waals surface area contributed by atoms with Gasteiger partial charge in [0.25, 0.3) is 0 Å². The van der Waals surface area contributed by atoms with E-state index < -0.39 is 0 Å². The van der Waals surface area contributed by atoms with Crippen molar-refractivity contribution < 1.29 is 4.74 Å². The molecule has 1 aliphatic rings. The fourth-order valence-corrected chi connectivity index (χ4v) is 2.93. The van der Waals surface area contributed by atoms with Crippen LogP contribution in [0.3, 0.4) is 0 Å². The molecule has 1 fully saturated rings. The Bertz CT molecular complexity index is 368. The first kappa shape index (κ1) is 13.6. The summed E-state index contributed by atoms with van der Waals surface area (Å²) in [6.07, 6.45) is 5.36. The van der Waals surface area contributed by atoms with Gasteiger partial charge in [-0.2, -0.15) is 0 Å². The van der Waals surface area contributed by atoms with Crippen LogP contribution in [0.1, 0.15) is 42.4 Å². The summed E-state index contributed by atoms with van der Waals surface area (Å²) in [7, 11) is 0. The molecule has 1 aromatic rings. The minimum Gasteiger partial charge on any atom is -0.373 e. The molecule has 2 atom stereocenters. The molecule has 2 rings (SSSR count). The third kappa shape index (κ3) is 3.12. The molecule has 100 valence electrons. The largest absolute Gasteiger partial charge is 0.373 e. The van der Waals surface area contributed by atoms with Gasteiger partial charge in [-0.25, -0.2) is 0 Å². The lowest BCUT2D eigenvalue weighted by atomic mass is 9.86. The molecule has 2 N–H and O–H groups in total. The number of aryl methyl sites for hydroxylation is 2. The molecule has 0 spiro atoms. The van der Waals surface area contributed by atoms with Gasteiger partial charge in [0, 0.05) is 0 Å². The van der Waals surface area contributed by atoms with Crippen molar-refractivity contribution in [1.82, 2.24) is 0 Å². The van der Waals surface area contributed by atoms with Gasteiger partial charge in [-0.05, 0) is 55.8 Å². The van der Waals surface area contributed by atoms with E-state index in [-0.39, 0.29) is 0 Å². The number of benzene rings is 1. The summed E-state index contributed by atoms with van der Waals surface area (Å²) in [5, 5.41) is 0. The highest BCUT2D eigenvalue weighted by atomic mass is 16.5. The van der Waals surface area contributed by atoms with Crippen LogP contribution in [0.4, 0.5) is 0 Å². The van der Waals surface area contributed by atoms with E-state index in [0.717, 1.165) is 13.2 Å². The third-order valence-corrected chi connectivity index (χ3v) is 4.23. The fraction of sp³-hybridized carbons (Fsp3) is 0.625. The SMILES string of the molecule is Cc1cccc(C)c1COC1CCCCC1CN. The van der Waals surface area contributed by atoms with Gasteiger partial charge < -0.3 is 10.5 Å². The molecule has 0 heterocycles. The normalized spacial score (nSPS) is 24.2. The van der Waals surface area contributed by atoms with Crippen LogP contribution in [0.25, 0.3) is 0 Å². The zero-order valence-electron chi connectivity index (χ0n) is 11.6. The van der Waals surface area contributed by atoms with Gasteiger partial charge in [0.1, 0.15) is 0 Å². The Morgan fingerprint density at radius 1 is 1.17 bits per heavy atom. The molecule has 0 radical (unpaired) electrons. The van der Waals surface area contributed by atoms with Crippen molar-refractivity contribution in [2.45, 2.75) is 52.2 Å². The van der Waals surface area contributed by atoms with Crippen molar-refractivity contribution in [1.29, 1.82) is 0 Å². The highest BCUT2D eigenvalue weighted by molar-refractivity contribution is 5.32. The van der Waals surface area contributed by atoms with E-state index >= 15 is 0 Å². The Morgan fingerprint density at radius 2 is 1.83 bits per heavy atom. The van der Waals surface area contributed by atoms with Gasteiger partial charge in [-0.3, -0.25) is 0 Å². The molecule has 2 heteroatoms. The van der Waals surface area contributed by atoms with Crippen molar-refractivity contribution in [3.63, 3.8) is 0 Å². The summed E-state index contributed by atoms with van der Waals surface area (Å²) < 4.78 is 6.15. The Morgan fingerprint density at radius 3 is 2.50 bits per heavy atom. The smallest absolute Gasteiger partial charge is 0.0725 e. The second kappa shape index (κ2) is 6.35. The number of hydrogen-bond donors (Lipinski definition) is 1. The van der Waals surface area contributed by atoms with E-state index in [9.17, 15) is 0 Å².